The van der Waals surface area contributed by atoms with E-state index in [0.717, 1.165) is 6.42 Å². The molecule has 11 heteroatoms. The zero-order chi connectivity index (χ0) is 25.5. The standard InChI is InChI=1S/C24H30N4O7/c1-5-6-9-27-22(25)20(23(30)26-24(27)31)28(14-16-8-7-10-35-16)19(29)13-15-11-17(32-2)21(34-4)18(12-15)33-3/h7-8,10-12H,5-6,9,13-14,25H2,1-4H3,(H,26,30,31). The van der Waals surface area contributed by atoms with Crippen molar-refractivity contribution >= 4 is 17.4 Å². The number of nitrogens with two attached hydrogens (primary N) is 1. The average Bonchev–Trinajstić information content (AvgIpc) is 3.35. The number of anilines is 2. The normalized spacial score (nSPS) is 10.7. The first kappa shape index (κ1) is 25.5. The second kappa shape index (κ2) is 11.3. The Morgan fingerprint density at radius 2 is 1.83 bits per heavy atom. The van der Waals surface area contributed by atoms with Gasteiger partial charge in [-0.15, -0.1) is 0 Å². The number of amides is 1. The summed E-state index contributed by atoms with van der Waals surface area (Å²) in [5.74, 6) is 1.07. The third-order valence-corrected chi connectivity index (χ3v) is 5.49. The number of aromatic amines is 1. The third kappa shape index (κ3) is 5.51. The van der Waals surface area contributed by atoms with Crippen molar-refractivity contribution in [1.82, 2.24) is 9.55 Å². The first-order valence-electron chi connectivity index (χ1n) is 11.1. The molecule has 11 nitrogen and oxygen atoms in total. The van der Waals surface area contributed by atoms with Crippen LogP contribution in [0, 0.1) is 0 Å². The van der Waals surface area contributed by atoms with Gasteiger partial charge in [-0.25, -0.2) is 4.79 Å². The Balaban J connectivity index is 2.07. The summed E-state index contributed by atoms with van der Waals surface area (Å²) in [4.78, 5) is 42.3. The maximum absolute atomic E-state index is 13.6. The van der Waals surface area contributed by atoms with Crippen LogP contribution in [0.1, 0.15) is 31.1 Å². The number of nitrogens with one attached hydrogen (secondary N) is 1. The summed E-state index contributed by atoms with van der Waals surface area (Å²) in [6.07, 6.45) is 2.83. The van der Waals surface area contributed by atoms with Crippen LogP contribution in [0.4, 0.5) is 11.5 Å². The molecule has 35 heavy (non-hydrogen) atoms. The van der Waals surface area contributed by atoms with E-state index in [2.05, 4.69) is 4.98 Å². The Morgan fingerprint density at radius 1 is 1.14 bits per heavy atom. The number of nitrogens with zero attached hydrogens (tertiary/aromatic N) is 2. The van der Waals surface area contributed by atoms with Crippen LogP contribution in [-0.4, -0.2) is 36.8 Å². The molecule has 1 aromatic carbocycles. The molecule has 0 aliphatic heterocycles. The molecule has 3 N–H and O–H groups in total. The van der Waals surface area contributed by atoms with Crippen LogP contribution in [0.3, 0.4) is 0 Å². The number of H-pyrrole nitrogens is 1. The van der Waals surface area contributed by atoms with Gasteiger partial charge >= 0.3 is 5.69 Å². The first-order chi connectivity index (χ1) is 16.8. The van der Waals surface area contributed by atoms with E-state index in [0.29, 0.717) is 41.5 Å². The molecular weight excluding hydrogens is 456 g/mol. The van der Waals surface area contributed by atoms with Crippen LogP contribution in [0.25, 0.3) is 0 Å². The lowest BCUT2D eigenvalue weighted by Crippen LogP contribution is -2.41. The van der Waals surface area contributed by atoms with E-state index < -0.39 is 17.2 Å². The van der Waals surface area contributed by atoms with Gasteiger partial charge in [0.25, 0.3) is 5.56 Å². The Kier molecular flexibility index (Phi) is 8.24. The van der Waals surface area contributed by atoms with Crippen LogP contribution in [0.5, 0.6) is 17.2 Å². The molecule has 2 heterocycles. The quantitative estimate of drug-likeness (QED) is 0.420. The zero-order valence-electron chi connectivity index (χ0n) is 20.3. The minimum absolute atomic E-state index is 0.0600. The molecule has 0 aliphatic carbocycles. The van der Waals surface area contributed by atoms with Gasteiger partial charge in [0.05, 0.1) is 40.6 Å². The van der Waals surface area contributed by atoms with Crippen molar-refractivity contribution in [3.05, 3.63) is 62.7 Å². The molecule has 3 aromatic rings. The molecule has 0 aliphatic rings. The smallest absolute Gasteiger partial charge is 0.330 e. The molecule has 1 amide bonds. The number of furan rings is 1. The molecule has 0 spiro atoms. The Morgan fingerprint density at radius 3 is 2.37 bits per heavy atom. The molecule has 0 radical (unpaired) electrons. The summed E-state index contributed by atoms with van der Waals surface area (Å²) in [7, 11) is 4.44. The van der Waals surface area contributed by atoms with Crippen molar-refractivity contribution in [2.75, 3.05) is 32.0 Å². The topological polar surface area (TPSA) is 142 Å². The molecule has 0 bridgehead atoms. The SMILES string of the molecule is CCCCn1c(N)c(N(Cc2ccco2)C(=O)Cc2cc(OC)c(OC)c(OC)c2)c(=O)[nH]c1=O. The molecule has 3 rings (SSSR count). The summed E-state index contributed by atoms with van der Waals surface area (Å²) in [6, 6.07) is 6.66. The lowest BCUT2D eigenvalue weighted by Gasteiger charge is -2.24. The van der Waals surface area contributed by atoms with Crippen LogP contribution < -0.4 is 36.1 Å². The van der Waals surface area contributed by atoms with Crippen LogP contribution in [-0.2, 0) is 24.3 Å². The lowest BCUT2D eigenvalue weighted by molar-refractivity contribution is -0.118. The minimum Gasteiger partial charge on any atom is -0.493 e. The van der Waals surface area contributed by atoms with Crippen LogP contribution in [0.15, 0.2) is 44.5 Å². The number of carbonyl (C=O) groups excluding carboxylic acids is 1. The average molecular weight is 487 g/mol. The van der Waals surface area contributed by atoms with E-state index in [9.17, 15) is 14.4 Å². The number of aromatic nitrogens is 2. The maximum atomic E-state index is 13.6. The van der Waals surface area contributed by atoms with Gasteiger partial charge in [-0.1, -0.05) is 13.3 Å². The molecule has 2 aromatic heterocycles. The van der Waals surface area contributed by atoms with Crippen molar-refractivity contribution < 1.29 is 23.4 Å². The van der Waals surface area contributed by atoms with Crippen molar-refractivity contribution in [3.63, 3.8) is 0 Å². The number of methoxy groups -OCH3 is 3. The van der Waals surface area contributed by atoms with E-state index in [-0.39, 0.29) is 24.5 Å². The predicted octanol–water partition coefficient (Wildman–Crippen LogP) is 2.31. The predicted molar refractivity (Wildman–Crippen MR) is 130 cm³/mol. The van der Waals surface area contributed by atoms with E-state index >= 15 is 0 Å². The summed E-state index contributed by atoms with van der Waals surface area (Å²) < 4.78 is 22.8. The fraction of sp³-hybridized carbons (Fsp3) is 0.375. The highest BCUT2D eigenvalue weighted by atomic mass is 16.5. The second-order valence-corrected chi connectivity index (χ2v) is 7.77. The van der Waals surface area contributed by atoms with Gasteiger partial charge in [-0.3, -0.25) is 24.0 Å². The van der Waals surface area contributed by atoms with E-state index in [1.54, 1.807) is 24.3 Å². The van der Waals surface area contributed by atoms with Gasteiger partial charge in [-0.2, -0.15) is 0 Å². The van der Waals surface area contributed by atoms with Crippen molar-refractivity contribution in [2.24, 2.45) is 0 Å². The van der Waals surface area contributed by atoms with Gasteiger partial charge < -0.3 is 24.4 Å². The first-order valence-corrected chi connectivity index (χ1v) is 11.1. The summed E-state index contributed by atoms with van der Waals surface area (Å²) in [5, 5.41) is 0. The second-order valence-electron chi connectivity index (χ2n) is 7.77. The summed E-state index contributed by atoms with van der Waals surface area (Å²) in [5.41, 5.74) is 5.34. The fourth-order valence-corrected chi connectivity index (χ4v) is 3.73. The highest BCUT2D eigenvalue weighted by Crippen LogP contribution is 2.38. The number of ether oxygens (including phenoxy) is 3. The summed E-state index contributed by atoms with van der Waals surface area (Å²) >= 11 is 0. The van der Waals surface area contributed by atoms with E-state index in [4.69, 9.17) is 24.4 Å². The molecule has 0 unspecified atom stereocenters. The van der Waals surface area contributed by atoms with Crippen LogP contribution >= 0.6 is 0 Å². The van der Waals surface area contributed by atoms with E-state index in [1.165, 1.54) is 37.1 Å². The van der Waals surface area contributed by atoms with Gasteiger partial charge in [0, 0.05) is 6.54 Å². The molecular formula is C24H30N4O7. The maximum Gasteiger partial charge on any atom is 0.330 e. The van der Waals surface area contributed by atoms with Gasteiger partial charge in [0.1, 0.15) is 11.6 Å². The molecule has 0 saturated heterocycles. The highest BCUT2D eigenvalue weighted by Gasteiger charge is 2.26. The van der Waals surface area contributed by atoms with Crippen molar-refractivity contribution in [3.8, 4) is 17.2 Å². The lowest BCUT2D eigenvalue weighted by atomic mass is 10.1. The monoisotopic (exact) mass is 486 g/mol. The largest absolute Gasteiger partial charge is 0.493 e. The molecule has 0 atom stereocenters. The van der Waals surface area contributed by atoms with E-state index in [1.807, 2.05) is 6.92 Å². The van der Waals surface area contributed by atoms with Gasteiger partial charge in [-0.05, 0) is 36.2 Å². The number of nitrogen functional groups attached to an aromatic ring is 1. The Bertz CT molecular complexity index is 1250. The number of hydrogen-bond donors (Lipinski definition) is 2. The fourth-order valence-electron chi connectivity index (χ4n) is 3.73. The Hall–Kier alpha value is -4.15. The van der Waals surface area contributed by atoms with Crippen molar-refractivity contribution in [1.29, 1.82) is 0 Å². The van der Waals surface area contributed by atoms with Crippen LogP contribution in [0.2, 0.25) is 0 Å². The zero-order valence-corrected chi connectivity index (χ0v) is 20.3. The minimum atomic E-state index is -0.759. The number of unbranched alkanes of at least 4 members (excludes halogenated alkanes) is 1. The number of carbonyl (C=O) groups is 1. The van der Waals surface area contributed by atoms with Gasteiger partial charge in [0.15, 0.2) is 17.2 Å². The van der Waals surface area contributed by atoms with Crippen molar-refractivity contribution in [2.45, 2.75) is 39.3 Å². The third-order valence-electron chi connectivity index (χ3n) is 5.49. The highest BCUT2D eigenvalue weighted by molar-refractivity contribution is 5.96. The number of benzene rings is 1. The molecule has 0 saturated carbocycles. The molecule has 188 valence electrons. The number of hydrogen-bond acceptors (Lipinski definition) is 8. The molecule has 0 fully saturated rings. The number of rotatable bonds is 11. The summed E-state index contributed by atoms with van der Waals surface area (Å²) in [6.45, 7) is 2.22. The Labute approximate surface area is 202 Å². The van der Waals surface area contributed by atoms with Gasteiger partial charge in [0.2, 0.25) is 11.7 Å².